The Hall–Kier alpha value is -4.44. The van der Waals surface area contributed by atoms with Crippen LogP contribution in [0.5, 0.6) is 0 Å². The van der Waals surface area contributed by atoms with Crippen molar-refractivity contribution in [1.29, 1.82) is 0 Å². The largest absolute Gasteiger partial charge is 0.486 e. The summed E-state index contributed by atoms with van der Waals surface area (Å²) in [5.74, 6) is 0. The molecule has 239 valence electrons. The molecular formula is C42H39IrN3O-2. The molecule has 5 heteroatoms. The van der Waals surface area contributed by atoms with Gasteiger partial charge >= 0.3 is 0 Å². The van der Waals surface area contributed by atoms with Crippen molar-refractivity contribution in [3.63, 3.8) is 0 Å². The molecule has 1 radical (unpaired) electrons. The summed E-state index contributed by atoms with van der Waals surface area (Å²) in [6.07, 6.45) is 4.93. The third-order valence-electron chi connectivity index (χ3n) is 9.06. The molecule has 0 saturated heterocycles. The molecule has 3 aromatic carbocycles. The van der Waals surface area contributed by atoms with Crippen molar-refractivity contribution in [1.82, 2.24) is 15.0 Å². The van der Waals surface area contributed by atoms with E-state index >= 15 is 0 Å². The number of aromatic nitrogens is 3. The van der Waals surface area contributed by atoms with Crippen LogP contribution in [0.1, 0.15) is 60.0 Å². The van der Waals surface area contributed by atoms with Crippen molar-refractivity contribution in [2.75, 3.05) is 0 Å². The van der Waals surface area contributed by atoms with Gasteiger partial charge in [-0.25, -0.2) is 4.98 Å². The Morgan fingerprint density at radius 1 is 0.766 bits per heavy atom. The van der Waals surface area contributed by atoms with E-state index in [-0.39, 0.29) is 25.5 Å². The number of aryl methyl sites for hydroxylation is 3. The van der Waals surface area contributed by atoms with Crippen molar-refractivity contribution in [2.24, 2.45) is 0 Å². The van der Waals surface area contributed by atoms with E-state index in [4.69, 9.17) is 13.5 Å². The molecule has 0 aliphatic carbocycles. The molecule has 0 fully saturated rings. The first-order valence-electron chi connectivity index (χ1n) is 17.2. The first-order chi connectivity index (χ1) is 23.5. The van der Waals surface area contributed by atoms with Crippen molar-refractivity contribution in [3.05, 3.63) is 138 Å². The molecule has 0 amide bonds. The Morgan fingerprint density at radius 3 is 2.23 bits per heavy atom. The van der Waals surface area contributed by atoms with E-state index in [0.29, 0.717) is 28.1 Å². The summed E-state index contributed by atoms with van der Waals surface area (Å²) >= 11 is 0. The van der Waals surface area contributed by atoms with Gasteiger partial charge in [0.25, 0.3) is 0 Å². The van der Waals surface area contributed by atoms with Gasteiger partial charge in [0.15, 0.2) is 0 Å². The zero-order valence-electron chi connectivity index (χ0n) is 30.3. The summed E-state index contributed by atoms with van der Waals surface area (Å²) in [6, 6.07) is 36.2. The SMILES string of the molecule is [2H]C([2H])([2H])c1cnc(-c2[c-]ccc3c2oc2nc(-c4c(C)cccc4C)ccc23)cc1C(C)(CC)CC.[Ir].[c-]1ccccc1-c1ccccn1. The molecule has 4 aromatic heterocycles. The summed E-state index contributed by atoms with van der Waals surface area (Å²) < 4.78 is 30.7. The number of nitrogens with zero attached hydrogens (tertiary/aromatic N) is 3. The van der Waals surface area contributed by atoms with E-state index in [2.05, 4.69) is 81.0 Å². The molecule has 0 saturated carbocycles. The number of hydrogen-bond donors (Lipinski definition) is 0. The maximum atomic E-state index is 8.10. The molecule has 0 bridgehead atoms. The summed E-state index contributed by atoms with van der Waals surface area (Å²) in [5.41, 5.74) is 9.71. The average molecular weight is 797 g/mol. The van der Waals surface area contributed by atoms with Crippen molar-refractivity contribution < 1.29 is 28.6 Å². The van der Waals surface area contributed by atoms with Crippen LogP contribution in [0, 0.1) is 32.8 Å². The van der Waals surface area contributed by atoms with Gasteiger partial charge in [-0.3, -0.25) is 0 Å². The molecule has 0 atom stereocenters. The first kappa shape index (κ1) is 29.9. The fourth-order valence-electron chi connectivity index (χ4n) is 5.97. The molecule has 4 nitrogen and oxygen atoms in total. The minimum absolute atomic E-state index is 0. The monoisotopic (exact) mass is 797 g/mol. The second-order valence-electron chi connectivity index (χ2n) is 11.9. The maximum absolute atomic E-state index is 8.10. The summed E-state index contributed by atoms with van der Waals surface area (Å²) in [5, 5.41) is 1.85. The Morgan fingerprint density at radius 2 is 1.55 bits per heavy atom. The number of pyridine rings is 3. The van der Waals surface area contributed by atoms with Gasteiger partial charge in [-0.05, 0) is 90.8 Å². The van der Waals surface area contributed by atoms with Gasteiger partial charge in [0.2, 0.25) is 5.71 Å². The zero-order chi connectivity index (χ0) is 34.8. The summed E-state index contributed by atoms with van der Waals surface area (Å²) in [7, 11) is 0. The van der Waals surface area contributed by atoms with E-state index in [0.717, 1.165) is 62.8 Å². The van der Waals surface area contributed by atoms with Gasteiger partial charge in [-0.1, -0.05) is 68.1 Å². The molecule has 4 heterocycles. The normalized spacial score (nSPS) is 12.4. The van der Waals surface area contributed by atoms with Crippen LogP contribution in [0.3, 0.4) is 0 Å². The number of fused-ring (bicyclic) bond motifs is 3. The maximum Gasteiger partial charge on any atom is 0.216 e. The van der Waals surface area contributed by atoms with Gasteiger partial charge < -0.3 is 14.4 Å². The zero-order valence-corrected chi connectivity index (χ0v) is 29.7. The Balaban J connectivity index is 0.000000315. The fraction of sp³-hybridized carbons (Fsp3) is 0.214. The van der Waals surface area contributed by atoms with Crippen molar-refractivity contribution >= 4 is 22.1 Å². The van der Waals surface area contributed by atoms with Crippen LogP contribution >= 0.6 is 0 Å². The Kier molecular flexibility index (Phi) is 9.26. The van der Waals surface area contributed by atoms with Crippen LogP contribution in [0.4, 0.5) is 0 Å². The molecule has 47 heavy (non-hydrogen) atoms. The quantitative estimate of drug-likeness (QED) is 0.157. The molecule has 0 aliphatic rings. The molecule has 0 spiro atoms. The van der Waals surface area contributed by atoms with E-state index in [1.54, 1.807) is 6.20 Å². The molecule has 7 aromatic rings. The third-order valence-corrected chi connectivity index (χ3v) is 9.06. The number of rotatable bonds is 6. The number of furan rings is 1. The second kappa shape index (κ2) is 14.5. The summed E-state index contributed by atoms with van der Waals surface area (Å²) in [6.45, 7) is 8.25. The van der Waals surface area contributed by atoms with E-state index in [1.165, 1.54) is 6.20 Å². The van der Waals surface area contributed by atoms with E-state index in [9.17, 15) is 0 Å². The van der Waals surface area contributed by atoms with Crippen molar-refractivity contribution in [3.8, 4) is 33.8 Å². The van der Waals surface area contributed by atoms with Crippen LogP contribution in [-0.4, -0.2) is 15.0 Å². The standard InChI is InChI=1S/C31H31N2O.C11H8N.Ir/c1-7-31(6,8-2)25-17-27(32-18-21(25)5)24-14-10-13-22-23-15-16-26(33-30(23)34-29(22)24)28-19(3)11-9-12-20(28)4;1-2-6-10(7-3-1)11-8-4-5-9-12-11;/h9-13,15-18H,7-8H2,1-6H3;1-6,8-9H;/q2*-1;/i5D3;;. The molecule has 7 rings (SSSR count). The van der Waals surface area contributed by atoms with Crippen LogP contribution in [0.25, 0.3) is 55.8 Å². The topological polar surface area (TPSA) is 51.8 Å². The third kappa shape index (κ3) is 6.83. The molecule has 0 N–H and O–H groups in total. The van der Waals surface area contributed by atoms with Gasteiger partial charge in [0, 0.05) is 47.6 Å². The number of hydrogen-bond acceptors (Lipinski definition) is 4. The predicted molar refractivity (Wildman–Crippen MR) is 190 cm³/mol. The first-order valence-corrected chi connectivity index (χ1v) is 15.7. The van der Waals surface area contributed by atoms with Crippen LogP contribution in [0.2, 0.25) is 0 Å². The fourth-order valence-corrected chi connectivity index (χ4v) is 5.97. The Labute approximate surface area is 295 Å². The van der Waals surface area contributed by atoms with Gasteiger partial charge in [0.1, 0.15) is 0 Å². The molecular weight excluding hydrogens is 755 g/mol. The van der Waals surface area contributed by atoms with Gasteiger partial charge in [0.05, 0.1) is 11.3 Å². The average Bonchev–Trinajstić information content (AvgIpc) is 3.50. The minimum Gasteiger partial charge on any atom is -0.486 e. The van der Waals surface area contributed by atoms with E-state index in [1.807, 2.05) is 66.7 Å². The van der Waals surface area contributed by atoms with Gasteiger partial charge in [-0.15, -0.1) is 54.1 Å². The Bertz CT molecular complexity index is 2170. The van der Waals surface area contributed by atoms with Gasteiger partial charge in [-0.2, -0.15) is 0 Å². The number of benzene rings is 3. The van der Waals surface area contributed by atoms with Crippen LogP contribution < -0.4 is 0 Å². The van der Waals surface area contributed by atoms with E-state index < -0.39 is 6.85 Å². The molecule has 0 unspecified atom stereocenters. The smallest absolute Gasteiger partial charge is 0.216 e. The minimum atomic E-state index is -2.24. The second-order valence-corrected chi connectivity index (χ2v) is 11.9. The van der Waals surface area contributed by atoms with Crippen molar-refractivity contribution in [2.45, 2.75) is 59.7 Å². The summed E-state index contributed by atoms with van der Waals surface area (Å²) in [4.78, 5) is 13.7. The van der Waals surface area contributed by atoms with Crippen LogP contribution in [-0.2, 0) is 25.5 Å². The van der Waals surface area contributed by atoms with Crippen LogP contribution in [0.15, 0.2) is 108 Å². The molecule has 0 aliphatic heterocycles. The predicted octanol–water partition coefficient (Wildman–Crippen LogP) is 11.1.